The van der Waals surface area contributed by atoms with Crippen LogP contribution < -0.4 is 5.73 Å². The summed E-state index contributed by atoms with van der Waals surface area (Å²) in [5, 5.41) is 9.94. The van der Waals surface area contributed by atoms with Crippen LogP contribution in [0.5, 0.6) is 5.75 Å². The lowest BCUT2D eigenvalue weighted by Crippen LogP contribution is -1.90. The number of unbranched alkanes of at least 4 members (excludes halogenated alkanes) is 1. The maximum Gasteiger partial charge on any atom is 0.139 e. The predicted molar refractivity (Wildman–Crippen MR) is 96.7 cm³/mol. The Morgan fingerprint density at radius 3 is 2.71 bits per heavy atom. The number of phenols is 1. The van der Waals surface area contributed by atoms with Gasteiger partial charge in [-0.15, -0.1) is 0 Å². The van der Waals surface area contributed by atoms with Crippen LogP contribution in [-0.4, -0.2) is 20.1 Å². The number of H-pyrrole nitrogens is 1. The zero-order valence-corrected chi connectivity index (χ0v) is 14.0. The highest BCUT2D eigenvalue weighted by Gasteiger charge is 2.16. The highest BCUT2D eigenvalue weighted by molar-refractivity contribution is 5.78. The molecule has 124 valence electrons. The maximum atomic E-state index is 9.94. The highest BCUT2D eigenvalue weighted by atomic mass is 16.3. The molecule has 5 heteroatoms. The Hall–Kier alpha value is -2.82. The van der Waals surface area contributed by atoms with E-state index in [0.717, 1.165) is 53.4 Å². The Balaban J connectivity index is 2.12. The molecule has 0 bridgehead atoms. The van der Waals surface area contributed by atoms with E-state index in [1.807, 2.05) is 31.2 Å². The second-order valence-electron chi connectivity index (χ2n) is 5.95. The van der Waals surface area contributed by atoms with Gasteiger partial charge < -0.3 is 15.8 Å². The quantitative estimate of drug-likeness (QED) is 0.488. The molecule has 3 rings (SSSR count). The van der Waals surface area contributed by atoms with Crippen LogP contribution in [0.15, 0.2) is 36.4 Å². The van der Waals surface area contributed by atoms with Crippen molar-refractivity contribution in [3.8, 4) is 28.4 Å². The minimum atomic E-state index is 0.0637. The van der Waals surface area contributed by atoms with Gasteiger partial charge in [0.05, 0.1) is 22.8 Å². The number of anilines is 1. The summed E-state index contributed by atoms with van der Waals surface area (Å²) in [6, 6.07) is 11.1. The summed E-state index contributed by atoms with van der Waals surface area (Å²) in [5.41, 5.74) is 10.3. The number of benzene rings is 1. The van der Waals surface area contributed by atoms with Gasteiger partial charge in [-0.1, -0.05) is 25.5 Å². The van der Waals surface area contributed by atoms with E-state index in [-0.39, 0.29) is 5.75 Å². The third-order valence-corrected chi connectivity index (χ3v) is 3.97. The average molecular weight is 322 g/mol. The van der Waals surface area contributed by atoms with Crippen LogP contribution in [-0.2, 0) is 6.42 Å². The molecule has 0 saturated carbocycles. The molecule has 0 unspecified atom stereocenters. The second-order valence-corrected chi connectivity index (χ2v) is 5.95. The molecule has 0 aliphatic heterocycles. The number of aromatic amines is 1. The van der Waals surface area contributed by atoms with Crippen LogP contribution in [0.2, 0.25) is 0 Å². The molecule has 5 nitrogen and oxygen atoms in total. The number of nitrogens with zero attached hydrogens (tertiary/aromatic N) is 2. The summed E-state index contributed by atoms with van der Waals surface area (Å²) in [5.74, 6) is 0.996. The second kappa shape index (κ2) is 6.74. The van der Waals surface area contributed by atoms with Gasteiger partial charge in [0.25, 0.3) is 0 Å². The SMILES string of the molecule is CCCCc1nc(-c2ccc(N)c(O)c2)c(-c2cccc(C)n2)[nH]1. The van der Waals surface area contributed by atoms with Crippen molar-refractivity contribution in [3.63, 3.8) is 0 Å². The largest absolute Gasteiger partial charge is 0.506 e. The summed E-state index contributed by atoms with van der Waals surface area (Å²) in [6.07, 6.45) is 3.06. The van der Waals surface area contributed by atoms with Crippen molar-refractivity contribution in [2.75, 3.05) is 5.73 Å². The van der Waals surface area contributed by atoms with Crippen molar-refractivity contribution in [1.29, 1.82) is 0 Å². The summed E-state index contributed by atoms with van der Waals surface area (Å²) in [6.45, 7) is 4.12. The molecule has 24 heavy (non-hydrogen) atoms. The van der Waals surface area contributed by atoms with Gasteiger partial charge >= 0.3 is 0 Å². The molecule has 1 aromatic carbocycles. The predicted octanol–water partition coefficient (Wildman–Crippen LogP) is 4.08. The van der Waals surface area contributed by atoms with Crippen LogP contribution in [0.1, 0.15) is 31.3 Å². The van der Waals surface area contributed by atoms with E-state index in [1.165, 1.54) is 0 Å². The number of nitrogens with two attached hydrogens (primary N) is 1. The smallest absolute Gasteiger partial charge is 0.139 e. The molecular weight excluding hydrogens is 300 g/mol. The number of hydrogen-bond acceptors (Lipinski definition) is 4. The van der Waals surface area contributed by atoms with Crippen LogP contribution in [0, 0.1) is 6.92 Å². The van der Waals surface area contributed by atoms with Crippen molar-refractivity contribution < 1.29 is 5.11 Å². The molecule has 2 aromatic heterocycles. The number of aromatic hydroxyl groups is 1. The Bertz CT molecular complexity index is 854. The van der Waals surface area contributed by atoms with Crippen LogP contribution in [0.25, 0.3) is 22.6 Å². The van der Waals surface area contributed by atoms with E-state index in [2.05, 4.69) is 16.9 Å². The van der Waals surface area contributed by atoms with Gasteiger partial charge in [0, 0.05) is 17.7 Å². The third kappa shape index (κ3) is 3.25. The highest BCUT2D eigenvalue weighted by Crippen LogP contribution is 2.33. The van der Waals surface area contributed by atoms with Crippen molar-refractivity contribution >= 4 is 5.69 Å². The monoisotopic (exact) mass is 322 g/mol. The number of hydrogen-bond donors (Lipinski definition) is 3. The van der Waals surface area contributed by atoms with Crippen molar-refractivity contribution in [2.24, 2.45) is 0 Å². The average Bonchev–Trinajstić information content (AvgIpc) is 3.00. The Labute approximate surface area is 141 Å². The van der Waals surface area contributed by atoms with E-state index in [1.54, 1.807) is 12.1 Å². The number of phenolic OH excluding ortho intramolecular Hbond substituents is 1. The third-order valence-electron chi connectivity index (χ3n) is 3.97. The Morgan fingerprint density at radius 2 is 2.00 bits per heavy atom. The molecule has 0 aliphatic rings. The Morgan fingerprint density at radius 1 is 1.17 bits per heavy atom. The topological polar surface area (TPSA) is 87.8 Å². The van der Waals surface area contributed by atoms with Gasteiger partial charge in [0.1, 0.15) is 11.6 Å². The zero-order valence-electron chi connectivity index (χ0n) is 14.0. The van der Waals surface area contributed by atoms with Gasteiger partial charge in [-0.2, -0.15) is 0 Å². The molecule has 4 N–H and O–H groups in total. The van der Waals surface area contributed by atoms with Crippen LogP contribution in [0.4, 0.5) is 5.69 Å². The molecule has 0 atom stereocenters. The van der Waals surface area contributed by atoms with Crippen molar-refractivity contribution in [2.45, 2.75) is 33.1 Å². The zero-order chi connectivity index (χ0) is 17.1. The lowest BCUT2D eigenvalue weighted by molar-refractivity contribution is 0.478. The molecular formula is C19H22N4O. The number of nitrogen functional groups attached to an aromatic ring is 1. The maximum absolute atomic E-state index is 9.94. The molecule has 0 radical (unpaired) electrons. The number of rotatable bonds is 5. The Kier molecular flexibility index (Phi) is 4.51. The summed E-state index contributed by atoms with van der Waals surface area (Å²) < 4.78 is 0. The van der Waals surface area contributed by atoms with Gasteiger partial charge in [0.15, 0.2) is 0 Å². The first-order valence-corrected chi connectivity index (χ1v) is 8.20. The number of aromatic nitrogens is 3. The van der Waals surface area contributed by atoms with E-state index < -0.39 is 0 Å². The number of nitrogens with one attached hydrogen (secondary N) is 1. The first kappa shape index (κ1) is 16.1. The van der Waals surface area contributed by atoms with Gasteiger partial charge in [-0.05, 0) is 37.6 Å². The standard InChI is InChI=1S/C19H22N4O/c1-3-4-8-17-22-18(13-9-10-14(20)16(24)11-13)19(23-17)15-7-5-6-12(2)21-15/h5-7,9-11,24H,3-4,8,20H2,1-2H3,(H,22,23). The molecule has 0 amide bonds. The fourth-order valence-corrected chi connectivity index (χ4v) is 2.65. The minimum Gasteiger partial charge on any atom is -0.506 e. The van der Waals surface area contributed by atoms with Gasteiger partial charge in [-0.3, -0.25) is 4.98 Å². The lowest BCUT2D eigenvalue weighted by atomic mass is 10.1. The number of imidazole rings is 1. The normalized spacial score (nSPS) is 10.9. The van der Waals surface area contributed by atoms with E-state index >= 15 is 0 Å². The van der Waals surface area contributed by atoms with E-state index in [4.69, 9.17) is 10.7 Å². The van der Waals surface area contributed by atoms with Crippen molar-refractivity contribution in [3.05, 3.63) is 47.9 Å². The fourth-order valence-electron chi connectivity index (χ4n) is 2.65. The number of aryl methyl sites for hydroxylation is 2. The summed E-state index contributed by atoms with van der Waals surface area (Å²) >= 11 is 0. The molecule has 0 spiro atoms. The molecule has 2 heterocycles. The first-order valence-electron chi connectivity index (χ1n) is 8.20. The number of pyridine rings is 1. The van der Waals surface area contributed by atoms with Gasteiger partial charge in [0.2, 0.25) is 0 Å². The fraction of sp³-hybridized carbons (Fsp3) is 0.263. The van der Waals surface area contributed by atoms with E-state index in [9.17, 15) is 5.11 Å². The van der Waals surface area contributed by atoms with Crippen LogP contribution >= 0.6 is 0 Å². The first-order chi connectivity index (χ1) is 11.6. The molecule has 3 aromatic rings. The summed E-state index contributed by atoms with van der Waals surface area (Å²) in [7, 11) is 0. The van der Waals surface area contributed by atoms with Gasteiger partial charge in [-0.25, -0.2) is 4.98 Å². The molecule has 0 fully saturated rings. The van der Waals surface area contributed by atoms with Crippen LogP contribution in [0.3, 0.4) is 0 Å². The summed E-state index contributed by atoms with van der Waals surface area (Å²) in [4.78, 5) is 12.8. The molecule has 0 aliphatic carbocycles. The molecule has 0 saturated heterocycles. The lowest BCUT2D eigenvalue weighted by Gasteiger charge is -2.05. The van der Waals surface area contributed by atoms with E-state index in [0.29, 0.717) is 5.69 Å². The van der Waals surface area contributed by atoms with Crippen molar-refractivity contribution in [1.82, 2.24) is 15.0 Å². The minimum absolute atomic E-state index is 0.0637.